The molecule has 0 aliphatic carbocycles. The molecule has 0 spiro atoms. The van der Waals surface area contributed by atoms with Crippen LogP contribution in [0.2, 0.25) is 0 Å². The van der Waals surface area contributed by atoms with Gasteiger partial charge in [-0.3, -0.25) is 33.6 Å². The molecule has 0 saturated carbocycles. The highest BCUT2D eigenvalue weighted by atomic mass is 16.3. The average molecular weight is 744 g/mol. The lowest BCUT2D eigenvalue weighted by Gasteiger charge is -2.30. The molecule has 14 N–H and O–H groups in total. The normalized spacial score (nSPS) is 17.0. The number of nitrogens with one attached hydrogen (secondary N) is 6. The summed E-state index contributed by atoms with van der Waals surface area (Å²) in [7, 11) is 0. The molecule has 0 unspecified atom stereocenters. The molecule has 0 fully saturated rings. The zero-order valence-corrected chi connectivity index (χ0v) is 31.8. The fourth-order valence-electron chi connectivity index (χ4n) is 5.26. The highest BCUT2D eigenvalue weighted by Crippen LogP contribution is 2.13. The Bertz CT molecular complexity index is 1170. The second-order valence-corrected chi connectivity index (χ2v) is 13.5. The Balaban J connectivity index is 6.30. The lowest BCUT2D eigenvalue weighted by atomic mass is 9.96. The fourth-order valence-corrected chi connectivity index (χ4v) is 5.26. The highest BCUT2D eigenvalue weighted by Gasteiger charge is 2.36. The van der Waals surface area contributed by atoms with Gasteiger partial charge in [0.15, 0.2) is 0 Å². The molecular weight excluding hydrogens is 678 g/mol. The third kappa shape index (κ3) is 17.1. The van der Waals surface area contributed by atoms with Gasteiger partial charge in [-0.15, -0.1) is 0 Å². The van der Waals surface area contributed by atoms with Crippen molar-refractivity contribution in [1.82, 2.24) is 31.9 Å². The molecule has 0 radical (unpaired) electrons. The van der Waals surface area contributed by atoms with Crippen LogP contribution in [-0.4, -0.2) is 113 Å². The third-order valence-electron chi connectivity index (χ3n) is 8.96. The number of rotatable bonds is 26. The zero-order chi connectivity index (χ0) is 40.1. The van der Waals surface area contributed by atoms with Crippen molar-refractivity contribution in [3.05, 3.63) is 0 Å². The minimum atomic E-state index is -1.59. The molecule has 300 valence electrons. The number of aliphatic hydroxyl groups excluding tert-OH is 2. The summed E-state index contributed by atoms with van der Waals surface area (Å²) in [5.41, 5.74) is 16.8. The van der Waals surface area contributed by atoms with Gasteiger partial charge in [-0.2, -0.15) is 0 Å². The first-order chi connectivity index (χ1) is 24.4. The summed E-state index contributed by atoms with van der Waals surface area (Å²) < 4.78 is 0. The van der Waals surface area contributed by atoms with Crippen LogP contribution in [0.5, 0.6) is 0 Å². The maximum atomic E-state index is 13.8. The van der Waals surface area contributed by atoms with E-state index in [2.05, 4.69) is 31.9 Å². The van der Waals surface area contributed by atoms with Gasteiger partial charge in [0.05, 0.1) is 12.2 Å². The quantitative estimate of drug-likeness (QED) is 0.0412. The molecule has 0 bridgehead atoms. The topological polar surface area (TPSA) is 310 Å². The molecular formula is C34H65N9O9. The molecule has 7 amide bonds. The number of carbonyl (C=O) groups is 7. The van der Waals surface area contributed by atoms with Crippen LogP contribution in [-0.2, 0) is 33.6 Å². The summed E-state index contributed by atoms with van der Waals surface area (Å²) in [6, 6.07) is -7.46. The Labute approximate surface area is 307 Å². The van der Waals surface area contributed by atoms with E-state index in [0.29, 0.717) is 51.6 Å². The van der Waals surface area contributed by atoms with Gasteiger partial charge >= 0.3 is 0 Å². The first-order valence-corrected chi connectivity index (χ1v) is 18.2. The Morgan fingerprint density at radius 1 is 0.519 bits per heavy atom. The molecule has 0 aliphatic heterocycles. The van der Waals surface area contributed by atoms with Crippen LogP contribution >= 0.6 is 0 Å². The highest BCUT2D eigenvalue weighted by molar-refractivity contribution is 5.97. The summed E-state index contributed by atoms with van der Waals surface area (Å²) in [4.78, 5) is 91.0. The van der Waals surface area contributed by atoms with Crippen molar-refractivity contribution in [2.75, 3.05) is 13.1 Å². The van der Waals surface area contributed by atoms with E-state index in [0.717, 1.165) is 6.92 Å². The van der Waals surface area contributed by atoms with E-state index < -0.39 is 95.7 Å². The second kappa shape index (κ2) is 25.2. The fraction of sp³-hybridized carbons (Fsp3) is 0.794. The van der Waals surface area contributed by atoms with Gasteiger partial charge in [0.2, 0.25) is 41.4 Å². The predicted octanol–water partition coefficient (Wildman–Crippen LogP) is -2.49. The van der Waals surface area contributed by atoms with Crippen LogP contribution in [0, 0.1) is 11.8 Å². The summed E-state index contributed by atoms with van der Waals surface area (Å²) in [6.45, 7) is 11.5. The molecule has 0 heterocycles. The predicted molar refractivity (Wildman–Crippen MR) is 195 cm³/mol. The van der Waals surface area contributed by atoms with Crippen LogP contribution in [0.15, 0.2) is 0 Å². The minimum Gasteiger partial charge on any atom is -0.391 e. The van der Waals surface area contributed by atoms with E-state index in [-0.39, 0.29) is 18.8 Å². The van der Waals surface area contributed by atoms with Crippen molar-refractivity contribution in [2.24, 2.45) is 29.0 Å². The first-order valence-electron chi connectivity index (χ1n) is 18.2. The van der Waals surface area contributed by atoms with Crippen LogP contribution in [0.1, 0.15) is 99.8 Å². The van der Waals surface area contributed by atoms with Crippen LogP contribution in [0.3, 0.4) is 0 Å². The van der Waals surface area contributed by atoms with Crippen molar-refractivity contribution in [3.63, 3.8) is 0 Å². The average Bonchev–Trinajstić information content (AvgIpc) is 3.08. The number of hydrogen-bond acceptors (Lipinski definition) is 11. The number of amides is 7. The lowest BCUT2D eigenvalue weighted by Crippen LogP contribution is -2.62. The van der Waals surface area contributed by atoms with Gasteiger partial charge < -0.3 is 59.3 Å². The van der Waals surface area contributed by atoms with Crippen molar-refractivity contribution >= 4 is 41.4 Å². The van der Waals surface area contributed by atoms with Crippen molar-refractivity contribution < 1.29 is 43.8 Å². The van der Waals surface area contributed by atoms with Gasteiger partial charge in [-0.1, -0.05) is 40.5 Å². The molecule has 0 aliphatic rings. The van der Waals surface area contributed by atoms with Crippen molar-refractivity contribution in [1.29, 1.82) is 0 Å². The van der Waals surface area contributed by atoms with Crippen LogP contribution < -0.4 is 49.1 Å². The number of carbonyl (C=O) groups excluding carboxylic acids is 7. The van der Waals surface area contributed by atoms with E-state index in [1.165, 1.54) is 13.8 Å². The van der Waals surface area contributed by atoms with E-state index in [1.807, 2.05) is 13.8 Å². The standard InChI is InChI=1S/C34H65N9O9/c1-8-18(3)25(29(37)47)41-30(48)23(14-10-12-16-35)39-32(50)26(19(4)9-2)42-31(49)24(15-11-13-17-36)40-33(51)28(21(6)45)43-34(52)27(20(5)44)38-22(7)46/h18-21,23-28,44-45H,8-17,35-36H2,1-7H3,(H2,37,47)(H,38,46)(H,39,50)(H,40,51)(H,41,48)(H,42,49)(H,43,52)/t18-,19-,20+,21+,23-,24-,25-,26-,27-,28-/m0/s1. The summed E-state index contributed by atoms with van der Waals surface area (Å²) in [5, 5.41) is 35.6. The molecule has 18 nitrogen and oxygen atoms in total. The molecule has 10 atom stereocenters. The Morgan fingerprint density at radius 3 is 1.23 bits per heavy atom. The van der Waals surface area contributed by atoms with Gasteiger partial charge in [0, 0.05) is 6.92 Å². The monoisotopic (exact) mass is 743 g/mol. The summed E-state index contributed by atoms with van der Waals surface area (Å²) >= 11 is 0. The zero-order valence-electron chi connectivity index (χ0n) is 31.8. The van der Waals surface area contributed by atoms with Gasteiger partial charge in [-0.05, 0) is 77.3 Å². The number of nitrogens with two attached hydrogens (primary N) is 3. The van der Waals surface area contributed by atoms with Gasteiger partial charge in [-0.25, -0.2) is 0 Å². The van der Waals surface area contributed by atoms with Crippen LogP contribution in [0.25, 0.3) is 0 Å². The molecule has 0 saturated heterocycles. The largest absolute Gasteiger partial charge is 0.391 e. The Morgan fingerprint density at radius 2 is 0.865 bits per heavy atom. The van der Waals surface area contributed by atoms with Gasteiger partial charge in [0.25, 0.3) is 0 Å². The molecule has 52 heavy (non-hydrogen) atoms. The Hall–Kier alpha value is -3.87. The number of aliphatic hydroxyl groups is 2. The first kappa shape index (κ1) is 48.1. The number of hydrogen-bond donors (Lipinski definition) is 11. The van der Waals surface area contributed by atoms with E-state index in [1.54, 1.807) is 13.8 Å². The van der Waals surface area contributed by atoms with E-state index in [9.17, 15) is 43.8 Å². The van der Waals surface area contributed by atoms with Crippen molar-refractivity contribution in [3.8, 4) is 0 Å². The van der Waals surface area contributed by atoms with Crippen molar-refractivity contribution in [2.45, 2.75) is 148 Å². The number of primary amides is 1. The van der Waals surface area contributed by atoms with E-state index >= 15 is 0 Å². The minimum absolute atomic E-state index is 0.0839. The molecule has 0 aromatic rings. The molecule has 0 aromatic heterocycles. The molecule has 0 rings (SSSR count). The molecule has 0 aromatic carbocycles. The summed E-state index contributed by atoms with van der Waals surface area (Å²) in [6.07, 6.45) is 0.445. The molecule has 18 heteroatoms. The van der Waals surface area contributed by atoms with E-state index in [4.69, 9.17) is 17.2 Å². The smallest absolute Gasteiger partial charge is 0.245 e. The number of unbranched alkanes of at least 4 members (excludes halogenated alkanes) is 2. The van der Waals surface area contributed by atoms with Crippen LogP contribution in [0.4, 0.5) is 0 Å². The second-order valence-electron chi connectivity index (χ2n) is 13.5. The SMILES string of the molecule is CC[C@H](C)[C@H](NC(=O)[C@H](CCCCN)NC(=O)[C@@H](NC(=O)[C@H](CCCCN)NC(=O)[C@@H](NC(=O)[C@@H](NC(C)=O)[C@@H](C)O)[C@@H](C)O)[C@@H](C)CC)C(N)=O. The Kier molecular flexibility index (Phi) is 23.3. The third-order valence-corrected chi connectivity index (χ3v) is 8.96. The maximum Gasteiger partial charge on any atom is 0.245 e. The van der Waals surface area contributed by atoms with Gasteiger partial charge in [0.1, 0.15) is 36.3 Å². The summed E-state index contributed by atoms with van der Waals surface area (Å²) in [5.74, 6) is -5.93. The maximum absolute atomic E-state index is 13.8. The lowest BCUT2D eigenvalue weighted by molar-refractivity contribution is -0.138.